The predicted octanol–water partition coefficient (Wildman–Crippen LogP) is 2.12. The third-order valence-corrected chi connectivity index (χ3v) is 3.29. The lowest BCUT2D eigenvalue weighted by atomic mass is 10.1. The van der Waals surface area contributed by atoms with Gasteiger partial charge in [0.25, 0.3) is 0 Å². The molecular formula is C14H20N2O2. The van der Waals surface area contributed by atoms with Gasteiger partial charge in [-0.3, -0.25) is 9.69 Å². The Morgan fingerprint density at radius 1 is 1.44 bits per heavy atom. The summed E-state index contributed by atoms with van der Waals surface area (Å²) < 4.78 is 5.96. The number of carbonyl (C=O) groups is 1. The summed E-state index contributed by atoms with van der Waals surface area (Å²) in [6.45, 7) is 5.45. The molecule has 0 aliphatic carbocycles. The maximum Gasteiger partial charge on any atom is 0.211 e. The van der Waals surface area contributed by atoms with Gasteiger partial charge in [0.15, 0.2) is 0 Å². The van der Waals surface area contributed by atoms with E-state index < -0.39 is 0 Å². The topological polar surface area (TPSA) is 41.6 Å². The summed E-state index contributed by atoms with van der Waals surface area (Å²) >= 11 is 0. The van der Waals surface area contributed by atoms with Crippen LogP contribution in [0.25, 0.3) is 0 Å². The number of rotatable bonds is 5. The van der Waals surface area contributed by atoms with Crippen molar-refractivity contribution in [2.45, 2.75) is 25.9 Å². The molecule has 1 aromatic rings. The van der Waals surface area contributed by atoms with Crippen LogP contribution >= 0.6 is 0 Å². The normalized spacial score (nSPS) is 20.4. The fourth-order valence-electron chi connectivity index (χ4n) is 2.29. The Hall–Kier alpha value is -1.55. The van der Waals surface area contributed by atoms with Crippen LogP contribution in [0.1, 0.15) is 19.8 Å². The molecule has 4 heteroatoms. The maximum atomic E-state index is 10.3. The smallest absolute Gasteiger partial charge is 0.211 e. The number of ether oxygens (including phenoxy) is 1. The van der Waals surface area contributed by atoms with Gasteiger partial charge in [-0.05, 0) is 50.2 Å². The molecule has 1 aliphatic rings. The first-order valence-corrected chi connectivity index (χ1v) is 6.51. The minimum absolute atomic E-state index is 0.281. The average molecular weight is 248 g/mol. The van der Waals surface area contributed by atoms with Crippen LogP contribution in [-0.4, -0.2) is 37.0 Å². The second-order valence-corrected chi connectivity index (χ2v) is 4.56. The van der Waals surface area contributed by atoms with Crippen molar-refractivity contribution >= 4 is 12.1 Å². The molecule has 1 amide bonds. The third-order valence-electron chi connectivity index (χ3n) is 3.29. The minimum atomic E-state index is 0.281. The second kappa shape index (κ2) is 6.40. The Morgan fingerprint density at radius 3 is 2.89 bits per heavy atom. The van der Waals surface area contributed by atoms with Gasteiger partial charge in [-0.15, -0.1) is 0 Å². The molecule has 1 fully saturated rings. The van der Waals surface area contributed by atoms with Crippen molar-refractivity contribution in [2.24, 2.45) is 0 Å². The van der Waals surface area contributed by atoms with E-state index in [2.05, 4.69) is 17.1 Å². The monoisotopic (exact) mass is 248 g/mol. The zero-order chi connectivity index (χ0) is 12.8. The van der Waals surface area contributed by atoms with Gasteiger partial charge >= 0.3 is 0 Å². The van der Waals surface area contributed by atoms with Crippen molar-refractivity contribution in [1.82, 2.24) is 4.90 Å². The molecule has 18 heavy (non-hydrogen) atoms. The molecule has 1 unspecified atom stereocenters. The molecule has 1 atom stereocenters. The van der Waals surface area contributed by atoms with E-state index in [0.29, 0.717) is 6.41 Å². The van der Waals surface area contributed by atoms with Gasteiger partial charge in [0.05, 0.1) is 0 Å². The van der Waals surface area contributed by atoms with Gasteiger partial charge in [0.1, 0.15) is 11.9 Å². The highest BCUT2D eigenvalue weighted by molar-refractivity contribution is 5.71. The number of nitrogens with zero attached hydrogens (tertiary/aromatic N) is 1. The van der Waals surface area contributed by atoms with Gasteiger partial charge in [0.2, 0.25) is 6.41 Å². The van der Waals surface area contributed by atoms with Crippen LogP contribution in [0.4, 0.5) is 5.69 Å². The molecule has 2 rings (SSSR count). The molecule has 1 saturated heterocycles. The largest absolute Gasteiger partial charge is 0.489 e. The van der Waals surface area contributed by atoms with Crippen LogP contribution in [0.2, 0.25) is 0 Å². The highest BCUT2D eigenvalue weighted by atomic mass is 16.5. The number of likely N-dealkylation sites (N-methyl/N-ethyl adjacent to an activating group) is 1. The molecule has 0 bridgehead atoms. The van der Waals surface area contributed by atoms with Crippen LogP contribution in [0.15, 0.2) is 24.3 Å². The first-order chi connectivity index (χ1) is 8.81. The lowest BCUT2D eigenvalue weighted by molar-refractivity contribution is -0.105. The van der Waals surface area contributed by atoms with Crippen molar-refractivity contribution in [3.63, 3.8) is 0 Å². The number of benzene rings is 1. The molecule has 1 N–H and O–H groups in total. The van der Waals surface area contributed by atoms with Gasteiger partial charge in [-0.1, -0.05) is 6.92 Å². The summed E-state index contributed by atoms with van der Waals surface area (Å²) in [6.07, 6.45) is 3.27. The van der Waals surface area contributed by atoms with Crippen LogP contribution in [0, 0.1) is 0 Å². The molecule has 1 heterocycles. The third kappa shape index (κ3) is 3.47. The van der Waals surface area contributed by atoms with Crippen LogP contribution in [-0.2, 0) is 4.79 Å². The molecule has 0 spiro atoms. The highest BCUT2D eigenvalue weighted by Gasteiger charge is 2.19. The number of likely N-dealkylation sites (tertiary alicyclic amines) is 1. The summed E-state index contributed by atoms with van der Waals surface area (Å²) in [5.41, 5.74) is 0.788. The van der Waals surface area contributed by atoms with Crippen LogP contribution in [0.5, 0.6) is 5.75 Å². The Morgan fingerprint density at radius 2 is 2.22 bits per heavy atom. The van der Waals surface area contributed by atoms with Gasteiger partial charge in [-0.2, -0.15) is 0 Å². The molecule has 1 aromatic carbocycles. The van der Waals surface area contributed by atoms with E-state index in [0.717, 1.165) is 30.9 Å². The SMILES string of the molecule is CCN1CCCC(Oc2ccc(NC=O)cc2)C1. The number of anilines is 1. The second-order valence-electron chi connectivity index (χ2n) is 4.56. The van der Waals surface area contributed by atoms with Gasteiger partial charge < -0.3 is 10.1 Å². The van der Waals surface area contributed by atoms with Crippen molar-refractivity contribution in [3.8, 4) is 5.75 Å². The van der Waals surface area contributed by atoms with Gasteiger partial charge in [-0.25, -0.2) is 0 Å². The van der Waals surface area contributed by atoms with Crippen LogP contribution in [0.3, 0.4) is 0 Å². The molecule has 1 aliphatic heterocycles. The first-order valence-electron chi connectivity index (χ1n) is 6.51. The van der Waals surface area contributed by atoms with Crippen LogP contribution < -0.4 is 10.1 Å². The van der Waals surface area contributed by atoms with E-state index in [4.69, 9.17) is 4.74 Å². The summed E-state index contributed by atoms with van der Waals surface area (Å²) in [6, 6.07) is 7.50. The summed E-state index contributed by atoms with van der Waals surface area (Å²) in [5.74, 6) is 0.870. The van der Waals surface area contributed by atoms with E-state index in [1.165, 1.54) is 13.0 Å². The number of carbonyl (C=O) groups excluding carboxylic acids is 1. The van der Waals surface area contributed by atoms with E-state index in [1.807, 2.05) is 24.3 Å². The number of piperidine rings is 1. The first kappa shape index (κ1) is 12.9. The van der Waals surface area contributed by atoms with E-state index >= 15 is 0 Å². The summed E-state index contributed by atoms with van der Waals surface area (Å²) in [5, 5.41) is 2.61. The molecule has 0 aromatic heterocycles. The van der Waals surface area contributed by atoms with Gasteiger partial charge in [0, 0.05) is 12.2 Å². The molecule has 0 saturated carbocycles. The number of amides is 1. The summed E-state index contributed by atoms with van der Waals surface area (Å²) in [7, 11) is 0. The fourth-order valence-corrected chi connectivity index (χ4v) is 2.29. The highest BCUT2D eigenvalue weighted by Crippen LogP contribution is 2.20. The Labute approximate surface area is 108 Å². The number of hydrogen-bond acceptors (Lipinski definition) is 3. The molecular weight excluding hydrogens is 228 g/mol. The molecule has 4 nitrogen and oxygen atoms in total. The zero-order valence-electron chi connectivity index (χ0n) is 10.8. The Kier molecular flexibility index (Phi) is 4.59. The Balaban J connectivity index is 1.90. The van der Waals surface area contributed by atoms with Crippen molar-refractivity contribution in [1.29, 1.82) is 0 Å². The fraction of sp³-hybridized carbons (Fsp3) is 0.500. The lowest BCUT2D eigenvalue weighted by Gasteiger charge is -2.32. The Bertz CT molecular complexity index is 378. The average Bonchev–Trinajstić information content (AvgIpc) is 2.42. The zero-order valence-corrected chi connectivity index (χ0v) is 10.8. The van der Waals surface area contributed by atoms with Crippen molar-refractivity contribution in [3.05, 3.63) is 24.3 Å². The number of hydrogen-bond donors (Lipinski definition) is 1. The van der Waals surface area contributed by atoms with Crippen molar-refractivity contribution in [2.75, 3.05) is 25.0 Å². The molecule has 0 radical (unpaired) electrons. The van der Waals surface area contributed by atoms with Crippen molar-refractivity contribution < 1.29 is 9.53 Å². The quantitative estimate of drug-likeness (QED) is 0.811. The lowest BCUT2D eigenvalue weighted by Crippen LogP contribution is -2.40. The van der Waals surface area contributed by atoms with E-state index in [1.54, 1.807) is 0 Å². The van der Waals surface area contributed by atoms with E-state index in [9.17, 15) is 4.79 Å². The number of nitrogens with one attached hydrogen (secondary N) is 1. The standard InChI is InChI=1S/C14H20N2O2/c1-2-16-9-3-4-14(10-16)18-13-7-5-12(6-8-13)15-11-17/h5-8,11,14H,2-4,9-10H2,1H3,(H,15,17). The maximum absolute atomic E-state index is 10.3. The minimum Gasteiger partial charge on any atom is -0.489 e. The summed E-state index contributed by atoms with van der Waals surface area (Å²) in [4.78, 5) is 12.7. The predicted molar refractivity (Wildman–Crippen MR) is 71.9 cm³/mol. The van der Waals surface area contributed by atoms with E-state index in [-0.39, 0.29) is 6.10 Å². The molecule has 98 valence electrons.